The molecule has 1 fully saturated rings. The van der Waals surface area contributed by atoms with Crippen LogP contribution < -0.4 is 10.9 Å². The van der Waals surface area contributed by atoms with Gasteiger partial charge in [-0.2, -0.15) is 0 Å². The van der Waals surface area contributed by atoms with Crippen LogP contribution in [0.2, 0.25) is 0 Å². The van der Waals surface area contributed by atoms with E-state index in [0.29, 0.717) is 5.69 Å². The lowest BCUT2D eigenvalue weighted by atomic mass is 10.1. The van der Waals surface area contributed by atoms with Crippen LogP contribution in [0.4, 0.5) is 4.79 Å². The first kappa shape index (κ1) is 24.6. The van der Waals surface area contributed by atoms with Crippen molar-refractivity contribution in [2.24, 2.45) is 0 Å². The Kier molecular flexibility index (Phi) is 8.06. The molecule has 0 unspecified atom stereocenters. The van der Waals surface area contributed by atoms with Crippen LogP contribution in [0.3, 0.4) is 0 Å². The monoisotopic (exact) mass is 473 g/mol. The molecule has 1 atom stereocenters. The molecule has 1 aliphatic rings. The smallest absolute Gasteiger partial charge is 0.409 e. The molecule has 1 aliphatic heterocycles. The summed E-state index contributed by atoms with van der Waals surface area (Å²) in [6.45, 7) is 2.91. The number of benzene rings is 1. The van der Waals surface area contributed by atoms with Gasteiger partial charge in [-0.15, -0.1) is 0 Å². The standard InChI is InChI=1S/C22H27N5O7/c1-2-34-22(33)26-12-10-25(11-13-26)21(32)16(8-9-19(29)30)23-20(31)17-14-18(28)27(24-17)15-6-4-3-5-7-15/h3-7,14,16,24H,2,8-13H2,1H3,(H,23,31)(H,29,30)/t16-/m0/s1. The third kappa shape index (κ3) is 6.03. The van der Waals surface area contributed by atoms with Gasteiger partial charge in [-0.1, -0.05) is 18.2 Å². The van der Waals surface area contributed by atoms with Gasteiger partial charge in [-0.25, -0.2) is 9.48 Å². The number of aliphatic carboxylic acids is 1. The Morgan fingerprint density at radius 1 is 1.09 bits per heavy atom. The fourth-order valence-corrected chi connectivity index (χ4v) is 3.59. The Hall–Kier alpha value is -4.09. The van der Waals surface area contributed by atoms with Gasteiger partial charge in [0, 0.05) is 38.7 Å². The Morgan fingerprint density at radius 3 is 2.35 bits per heavy atom. The van der Waals surface area contributed by atoms with E-state index in [1.807, 2.05) is 0 Å². The molecule has 3 rings (SSSR count). The van der Waals surface area contributed by atoms with Crippen molar-refractivity contribution in [1.82, 2.24) is 24.9 Å². The number of ether oxygens (including phenoxy) is 1. The maximum atomic E-state index is 13.1. The number of aromatic amines is 1. The number of hydrogen-bond acceptors (Lipinski definition) is 6. The molecule has 0 radical (unpaired) electrons. The van der Waals surface area contributed by atoms with Gasteiger partial charge in [-0.3, -0.25) is 24.3 Å². The Labute approximate surface area is 195 Å². The average Bonchev–Trinajstić information content (AvgIpc) is 3.23. The molecule has 3 N–H and O–H groups in total. The second-order valence-corrected chi connectivity index (χ2v) is 7.65. The highest BCUT2D eigenvalue weighted by Crippen LogP contribution is 2.10. The van der Waals surface area contributed by atoms with Crippen molar-refractivity contribution < 1.29 is 29.0 Å². The minimum absolute atomic E-state index is 0.0610. The molecule has 0 saturated carbocycles. The van der Waals surface area contributed by atoms with Crippen LogP contribution in [0.15, 0.2) is 41.2 Å². The third-order valence-corrected chi connectivity index (χ3v) is 5.35. The molecule has 2 aromatic rings. The van der Waals surface area contributed by atoms with Crippen molar-refractivity contribution in [3.05, 3.63) is 52.4 Å². The zero-order valence-electron chi connectivity index (χ0n) is 18.7. The first-order chi connectivity index (χ1) is 16.3. The number of nitrogens with one attached hydrogen (secondary N) is 2. The lowest BCUT2D eigenvalue weighted by molar-refractivity contribution is -0.138. The van der Waals surface area contributed by atoms with Gasteiger partial charge in [0.2, 0.25) is 5.91 Å². The van der Waals surface area contributed by atoms with Gasteiger partial charge in [0.25, 0.3) is 11.5 Å². The number of H-pyrrole nitrogens is 1. The van der Waals surface area contributed by atoms with Crippen molar-refractivity contribution in [3.8, 4) is 5.69 Å². The zero-order chi connectivity index (χ0) is 24.7. The number of amides is 3. The largest absolute Gasteiger partial charge is 0.481 e. The number of nitrogens with zero attached hydrogens (tertiary/aromatic N) is 3. The second kappa shape index (κ2) is 11.2. The number of para-hydroxylation sites is 1. The van der Waals surface area contributed by atoms with Gasteiger partial charge in [-0.05, 0) is 25.5 Å². The third-order valence-electron chi connectivity index (χ3n) is 5.35. The van der Waals surface area contributed by atoms with E-state index in [9.17, 15) is 24.0 Å². The highest BCUT2D eigenvalue weighted by atomic mass is 16.6. The quantitative estimate of drug-likeness (QED) is 0.502. The molecule has 1 aromatic carbocycles. The summed E-state index contributed by atoms with van der Waals surface area (Å²) in [5, 5.41) is 14.3. The van der Waals surface area contributed by atoms with Crippen molar-refractivity contribution in [3.63, 3.8) is 0 Å². The van der Waals surface area contributed by atoms with E-state index in [0.717, 1.165) is 6.07 Å². The first-order valence-corrected chi connectivity index (χ1v) is 10.9. The van der Waals surface area contributed by atoms with Crippen LogP contribution in [0.1, 0.15) is 30.3 Å². The molecule has 2 heterocycles. The van der Waals surface area contributed by atoms with Crippen molar-refractivity contribution in [2.75, 3.05) is 32.8 Å². The van der Waals surface area contributed by atoms with Crippen molar-refractivity contribution >= 4 is 23.9 Å². The molecule has 1 saturated heterocycles. The van der Waals surface area contributed by atoms with Crippen LogP contribution in [0.25, 0.3) is 5.69 Å². The zero-order valence-corrected chi connectivity index (χ0v) is 18.7. The van der Waals surface area contributed by atoms with Gasteiger partial charge in [0.05, 0.1) is 12.3 Å². The molecular formula is C22H27N5O7. The maximum Gasteiger partial charge on any atom is 0.409 e. The molecule has 12 nitrogen and oxygen atoms in total. The minimum atomic E-state index is -1.11. The normalized spacial score (nSPS) is 14.4. The molecule has 0 aliphatic carbocycles. The van der Waals surface area contributed by atoms with E-state index < -0.39 is 35.5 Å². The summed E-state index contributed by atoms with van der Waals surface area (Å²) in [4.78, 5) is 64.1. The highest BCUT2D eigenvalue weighted by Gasteiger charge is 2.31. The van der Waals surface area contributed by atoms with E-state index in [-0.39, 0.29) is 51.3 Å². The topological polar surface area (TPSA) is 154 Å². The number of carbonyl (C=O) groups excluding carboxylic acids is 3. The SMILES string of the molecule is CCOC(=O)N1CCN(C(=O)[C@H](CCC(=O)O)NC(=O)c2cc(=O)n(-c3ccccc3)[nH]2)CC1. The molecular weight excluding hydrogens is 446 g/mol. The van der Waals surface area contributed by atoms with Gasteiger partial charge in [0.15, 0.2) is 0 Å². The molecule has 0 bridgehead atoms. The highest BCUT2D eigenvalue weighted by molar-refractivity contribution is 5.96. The number of rotatable bonds is 8. The van der Waals surface area contributed by atoms with E-state index >= 15 is 0 Å². The van der Waals surface area contributed by atoms with Crippen LogP contribution in [0.5, 0.6) is 0 Å². The van der Waals surface area contributed by atoms with Crippen LogP contribution in [-0.2, 0) is 14.3 Å². The molecule has 3 amide bonds. The first-order valence-electron chi connectivity index (χ1n) is 10.9. The Bertz CT molecular complexity index is 1090. The summed E-state index contributed by atoms with van der Waals surface area (Å²) in [7, 11) is 0. The van der Waals surface area contributed by atoms with Gasteiger partial charge < -0.3 is 25.0 Å². The molecule has 12 heteroatoms. The maximum absolute atomic E-state index is 13.1. The Balaban J connectivity index is 1.70. The van der Waals surface area contributed by atoms with Crippen LogP contribution in [-0.4, -0.2) is 87.4 Å². The second-order valence-electron chi connectivity index (χ2n) is 7.65. The summed E-state index contributed by atoms with van der Waals surface area (Å²) in [6, 6.07) is 8.65. The van der Waals surface area contributed by atoms with Crippen molar-refractivity contribution in [1.29, 1.82) is 0 Å². The summed E-state index contributed by atoms with van der Waals surface area (Å²) < 4.78 is 6.16. The van der Waals surface area contributed by atoms with Crippen LogP contribution in [0, 0.1) is 0 Å². The van der Waals surface area contributed by atoms with Gasteiger partial charge >= 0.3 is 12.1 Å². The summed E-state index contributed by atoms with van der Waals surface area (Å²) in [5.74, 6) is -2.27. The Morgan fingerprint density at radius 2 is 1.74 bits per heavy atom. The number of carbonyl (C=O) groups is 4. The van der Waals surface area contributed by atoms with E-state index in [2.05, 4.69) is 10.4 Å². The lowest BCUT2D eigenvalue weighted by Gasteiger charge is -2.35. The molecule has 1 aromatic heterocycles. The minimum Gasteiger partial charge on any atom is -0.481 e. The molecule has 182 valence electrons. The predicted molar refractivity (Wildman–Crippen MR) is 120 cm³/mol. The average molecular weight is 473 g/mol. The number of carboxylic acids is 1. The molecule has 0 spiro atoms. The number of aromatic nitrogens is 2. The van der Waals surface area contributed by atoms with E-state index in [1.165, 1.54) is 14.5 Å². The van der Waals surface area contributed by atoms with Crippen molar-refractivity contribution in [2.45, 2.75) is 25.8 Å². The number of carboxylic acid groups (broad SMARTS) is 1. The number of piperazine rings is 1. The van der Waals surface area contributed by atoms with E-state index in [4.69, 9.17) is 9.84 Å². The lowest BCUT2D eigenvalue weighted by Crippen LogP contribution is -2.56. The summed E-state index contributed by atoms with van der Waals surface area (Å²) >= 11 is 0. The van der Waals surface area contributed by atoms with Gasteiger partial charge in [0.1, 0.15) is 11.7 Å². The number of hydrogen-bond donors (Lipinski definition) is 3. The summed E-state index contributed by atoms with van der Waals surface area (Å²) in [6.07, 6.45) is -0.917. The fourth-order valence-electron chi connectivity index (χ4n) is 3.59. The fraction of sp³-hybridized carbons (Fsp3) is 0.409. The predicted octanol–water partition coefficient (Wildman–Crippen LogP) is 0.430. The molecule has 34 heavy (non-hydrogen) atoms. The van der Waals surface area contributed by atoms with Crippen LogP contribution >= 0.6 is 0 Å². The summed E-state index contributed by atoms with van der Waals surface area (Å²) in [5.41, 5.74) is 0.0125. The van der Waals surface area contributed by atoms with E-state index in [1.54, 1.807) is 37.3 Å².